The number of nitrogens with zero attached hydrogens (tertiary/aromatic N) is 2. The van der Waals surface area contributed by atoms with E-state index in [0.717, 1.165) is 26.2 Å². The highest BCUT2D eigenvalue weighted by Crippen LogP contribution is 2.25. The van der Waals surface area contributed by atoms with E-state index in [9.17, 15) is 5.11 Å². The van der Waals surface area contributed by atoms with E-state index in [2.05, 4.69) is 16.7 Å². The molecule has 1 N–H and O–H groups in total. The zero-order chi connectivity index (χ0) is 10.0. The minimum absolute atomic E-state index is 0.934. The van der Waals surface area contributed by atoms with Crippen molar-refractivity contribution in [3.63, 3.8) is 0 Å². The van der Waals surface area contributed by atoms with Crippen LogP contribution in [0.3, 0.4) is 0 Å². The SMILES string of the molecule is [CH2]C(O)(N1CCCCC1)N1CCCC1. The smallest absolute Gasteiger partial charge is 0.177 e. The van der Waals surface area contributed by atoms with E-state index >= 15 is 0 Å². The summed E-state index contributed by atoms with van der Waals surface area (Å²) in [5, 5.41) is 10.4. The Morgan fingerprint density at radius 1 is 0.786 bits per heavy atom. The molecular weight excluding hydrogens is 176 g/mol. The maximum absolute atomic E-state index is 10.4. The van der Waals surface area contributed by atoms with Crippen molar-refractivity contribution in [2.45, 2.75) is 38.0 Å². The molecule has 1 unspecified atom stereocenters. The minimum Gasteiger partial charge on any atom is -0.363 e. The lowest BCUT2D eigenvalue weighted by molar-refractivity contribution is -0.180. The van der Waals surface area contributed by atoms with Crippen LogP contribution < -0.4 is 0 Å². The van der Waals surface area contributed by atoms with Crippen LogP contribution in [-0.4, -0.2) is 46.9 Å². The Labute approximate surface area is 86.7 Å². The summed E-state index contributed by atoms with van der Waals surface area (Å²) >= 11 is 0. The Morgan fingerprint density at radius 3 is 1.57 bits per heavy atom. The molecule has 2 aliphatic heterocycles. The van der Waals surface area contributed by atoms with Crippen molar-refractivity contribution in [3.8, 4) is 0 Å². The highest BCUT2D eigenvalue weighted by Gasteiger charge is 2.37. The third-order valence-corrected chi connectivity index (χ3v) is 3.48. The summed E-state index contributed by atoms with van der Waals surface area (Å²) in [5.74, 6) is -0.934. The number of hydrogen-bond donors (Lipinski definition) is 1. The monoisotopic (exact) mass is 197 g/mol. The van der Waals surface area contributed by atoms with Crippen molar-refractivity contribution in [2.24, 2.45) is 0 Å². The first kappa shape index (κ1) is 10.4. The van der Waals surface area contributed by atoms with Gasteiger partial charge in [-0.1, -0.05) is 6.42 Å². The molecule has 0 amide bonds. The van der Waals surface area contributed by atoms with Crippen LogP contribution in [0.25, 0.3) is 0 Å². The molecule has 81 valence electrons. The standard InChI is InChI=1S/C11H21N2O/c1-11(14,13-9-5-6-10-13)12-7-3-2-4-8-12/h14H,1-10H2. The summed E-state index contributed by atoms with van der Waals surface area (Å²) in [6.45, 7) is 7.97. The first-order valence-corrected chi connectivity index (χ1v) is 5.79. The van der Waals surface area contributed by atoms with Gasteiger partial charge in [-0.2, -0.15) is 0 Å². The minimum atomic E-state index is -0.934. The fourth-order valence-electron chi connectivity index (χ4n) is 2.53. The van der Waals surface area contributed by atoms with Crippen LogP contribution >= 0.6 is 0 Å². The van der Waals surface area contributed by atoms with Gasteiger partial charge in [0.05, 0.1) is 0 Å². The largest absolute Gasteiger partial charge is 0.363 e. The molecular formula is C11H21N2O. The number of rotatable bonds is 2. The van der Waals surface area contributed by atoms with Crippen molar-refractivity contribution >= 4 is 0 Å². The van der Waals surface area contributed by atoms with Crippen LogP contribution in [0, 0.1) is 6.92 Å². The van der Waals surface area contributed by atoms with Crippen LogP contribution in [0.4, 0.5) is 0 Å². The summed E-state index contributed by atoms with van der Waals surface area (Å²) < 4.78 is 0. The molecule has 2 fully saturated rings. The first-order valence-electron chi connectivity index (χ1n) is 5.79. The Bertz CT molecular complexity index is 182. The van der Waals surface area contributed by atoms with Crippen molar-refractivity contribution in [1.29, 1.82) is 0 Å². The van der Waals surface area contributed by atoms with Gasteiger partial charge < -0.3 is 5.11 Å². The Balaban J connectivity index is 1.97. The maximum Gasteiger partial charge on any atom is 0.177 e. The molecule has 3 nitrogen and oxygen atoms in total. The van der Waals surface area contributed by atoms with Gasteiger partial charge in [-0.25, -0.2) is 0 Å². The summed E-state index contributed by atoms with van der Waals surface area (Å²) in [6, 6.07) is 0. The molecule has 0 aliphatic carbocycles. The summed E-state index contributed by atoms with van der Waals surface area (Å²) in [4.78, 5) is 4.24. The Kier molecular flexibility index (Phi) is 3.10. The maximum atomic E-state index is 10.4. The third kappa shape index (κ3) is 1.95. The molecule has 0 spiro atoms. The fraction of sp³-hybridized carbons (Fsp3) is 0.909. The van der Waals surface area contributed by atoms with Crippen molar-refractivity contribution < 1.29 is 5.11 Å². The van der Waals surface area contributed by atoms with E-state index < -0.39 is 5.85 Å². The van der Waals surface area contributed by atoms with Gasteiger partial charge in [-0.15, -0.1) is 0 Å². The molecule has 0 aromatic carbocycles. The highest BCUT2D eigenvalue weighted by atomic mass is 16.3. The average molecular weight is 197 g/mol. The summed E-state index contributed by atoms with van der Waals surface area (Å²) in [5.41, 5.74) is 0. The molecule has 2 aliphatic rings. The molecule has 3 heteroatoms. The van der Waals surface area contributed by atoms with Crippen LogP contribution in [0.15, 0.2) is 0 Å². The van der Waals surface area contributed by atoms with Gasteiger partial charge in [0.2, 0.25) is 0 Å². The van der Waals surface area contributed by atoms with E-state index in [1.807, 2.05) is 0 Å². The van der Waals surface area contributed by atoms with Gasteiger partial charge in [0.15, 0.2) is 5.85 Å². The lowest BCUT2D eigenvalue weighted by Gasteiger charge is -2.44. The molecule has 1 radical (unpaired) electrons. The molecule has 2 heterocycles. The number of piperidine rings is 1. The van der Waals surface area contributed by atoms with Crippen molar-refractivity contribution in [1.82, 2.24) is 9.80 Å². The molecule has 2 rings (SSSR count). The molecule has 0 aromatic heterocycles. The molecule has 0 aromatic rings. The predicted molar refractivity (Wildman–Crippen MR) is 56.5 cm³/mol. The van der Waals surface area contributed by atoms with E-state index in [1.165, 1.54) is 32.1 Å². The van der Waals surface area contributed by atoms with Crippen LogP contribution in [0.5, 0.6) is 0 Å². The quantitative estimate of drug-likeness (QED) is 0.717. The van der Waals surface area contributed by atoms with Gasteiger partial charge in [0.25, 0.3) is 0 Å². The van der Waals surface area contributed by atoms with Gasteiger partial charge in [0.1, 0.15) is 0 Å². The van der Waals surface area contributed by atoms with Gasteiger partial charge >= 0.3 is 0 Å². The zero-order valence-electron chi connectivity index (χ0n) is 8.91. The first-order chi connectivity index (χ1) is 6.71. The van der Waals surface area contributed by atoms with Gasteiger partial charge in [-0.05, 0) is 25.7 Å². The third-order valence-electron chi connectivity index (χ3n) is 3.48. The number of aliphatic hydroxyl groups is 1. The number of likely N-dealkylation sites (tertiary alicyclic amines) is 2. The van der Waals surface area contributed by atoms with Gasteiger partial charge in [-0.3, -0.25) is 9.80 Å². The van der Waals surface area contributed by atoms with Crippen LogP contribution in [0.2, 0.25) is 0 Å². The summed E-state index contributed by atoms with van der Waals surface area (Å²) in [6.07, 6.45) is 6.10. The normalized spacial score (nSPS) is 30.4. The van der Waals surface area contributed by atoms with Crippen molar-refractivity contribution in [2.75, 3.05) is 26.2 Å². The molecule has 14 heavy (non-hydrogen) atoms. The average Bonchev–Trinajstić information content (AvgIpc) is 2.72. The molecule has 2 saturated heterocycles. The predicted octanol–water partition coefficient (Wildman–Crippen LogP) is 1.05. The number of hydrogen-bond acceptors (Lipinski definition) is 3. The van der Waals surface area contributed by atoms with E-state index in [4.69, 9.17) is 0 Å². The van der Waals surface area contributed by atoms with E-state index in [1.54, 1.807) is 0 Å². The second kappa shape index (κ2) is 4.17. The zero-order valence-corrected chi connectivity index (χ0v) is 8.91. The molecule has 0 saturated carbocycles. The van der Waals surface area contributed by atoms with E-state index in [0.29, 0.717) is 0 Å². The molecule has 1 atom stereocenters. The second-order valence-electron chi connectivity index (χ2n) is 4.52. The summed E-state index contributed by atoms with van der Waals surface area (Å²) in [7, 11) is 0. The Morgan fingerprint density at radius 2 is 1.14 bits per heavy atom. The Hall–Kier alpha value is -0.120. The van der Waals surface area contributed by atoms with Gasteiger partial charge in [0, 0.05) is 33.1 Å². The second-order valence-corrected chi connectivity index (χ2v) is 4.52. The molecule has 0 bridgehead atoms. The fourth-order valence-corrected chi connectivity index (χ4v) is 2.53. The topological polar surface area (TPSA) is 26.7 Å². The van der Waals surface area contributed by atoms with Crippen LogP contribution in [-0.2, 0) is 0 Å². The highest BCUT2D eigenvalue weighted by molar-refractivity contribution is 4.87. The van der Waals surface area contributed by atoms with Crippen molar-refractivity contribution in [3.05, 3.63) is 6.92 Å². The lowest BCUT2D eigenvalue weighted by atomic mass is 10.1. The lowest BCUT2D eigenvalue weighted by Crippen LogP contribution is -2.59. The van der Waals surface area contributed by atoms with E-state index in [-0.39, 0.29) is 0 Å². The van der Waals surface area contributed by atoms with Crippen LogP contribution in [0.1, 0.15) is 32.1 Å².